The second-order valence-corrected chi connectivity index (χ2v) is 5.28. The highest BCUT2D eigenvalue weighted by molar-refractivity contribution is 9.10. The Morgan fingerprint density at radius 2 is 1.84 bits per heavy atom. The van der Waals surface area contributed by atoms with Gasteiger partial charge in [-0.15, -0.1) is 0 Å². The molecule has 0 saturated heterocycles. The Morgan fingerprint density at radius 1 is 1.16 bits per heavy atom. The molecule has 0 amide bonds. The summed E-state index contributed by atoms with van der Waals surface area (Å²) in [7, 11) is 0. The molecule has 0 bridgehead atoms. The second kappa shape index (κ2) is 6.02. The van der Waals surface area contributed by atoms with E-state index < -0.39 is 6.10 Å². The van der Waals surface area contributed by atoms with Crippen LogP contribution in [0.4, 0.5) is 0 Å². The molecule has 0 fully saturated rings. The summed E-state index contributed by atoms with van der Waals surface area (Å²) in [6.07, 6.45) is -0.513. The molecule has 3 heteroatoms. The maximum Gasteiger partial charge on any atom is 0.202 e. The Labute approximate surface area is 121 Å². The molecule has 1 atom stereocenters. The van der Waals surface area contributed by atoms with Crippen LogP contribution in [0.2, 0.25) is 0 Å². The summed E-state index contributed by atoms with van der Waals surface area (Å²) < 4.78 is 6.58. The molecular weight excluding hydrogens is 304 g/mol. The zero-order chi connectivity index (χ0) is 13.8. The third-order valence-corrected chi connectivity index (χ3v) is 3.44. The number of ketones is 1. The molecule has 0 radical (unpaired) electrons. The fraction of sp³-hybridized carbons (Fsp3) is 0.188. The van der Waals surface area contributed by atoms with Crippen molar-refractivity contribution < 1.29 is 9.53 Å². The summed E-state index contributed by atoms with van der Waals surface area (Å²) in [5, 5.41) is 0. The molecule has 0 N–H and O–H groups in total. The first-order valence-corrected chi connectivity index (χ1v) is 6.89. The van der Waals surface area contributed by atoms with Crippen molar-refractivity contribution in [1.82, 2.24) is 0 Å². The van der Waals surface area contributed by atoms with Gasteiger partial charge in [0.05, 0.1) is 4.47 Å². The van der Waals surface area contributed by atoms with Crippen LogP contribution in [0, 0.1) is 6.92 Å². The van der Waals surface area contributed by atoms with Crippen LogP contribution in [0.1, 0.15) is 22.8 Å². The summed E-state index contributed by atoms with van der Waals surface area (Å²) in [4.78, 5) is 12.2. The number of rotatable bonds is 4. The zero-order valence-corrected chi connectivity index (χ0v) is 12.5. The molecule has 2 rings (SSSR count). The zero-order valence-electron chi connectivity index (χ0n) is 10.9. The number of aryl methyl sites for hydroxylation is 1. The number of hydrogen-bond donors (Lipinski definition) is 0. The van der Waals surface area contributed by atoms with Gasteiger partial charge in [0.2, 0.25) is 5.78 Å². The van der Waals surface area contributed by atoms with Gasteiger partial charge in [-0.1, -0.05) is 36.4 Å². The van der Waals surface area contributed by atoms with E-state index in [0.717, 1.165) is 10.0 Å². The number of carbonyl (C=O) groups is 1. The summed E-state index contributed by atoms with van der Waals surface area (Å²) in [6, 6.07) is 15.0. The molecule has 2 aromatic carbocycles. The van der Waals surface area contributed by atoms with Crippen molar-refractivity contribution in [3.05, 3.63) is 64.1 Å². The van der Waals surface area contributed by atoms with Crippen molar-refractivity contribution in [2.24, 2.45) is 0 Å². The molecular formula is C16H15BrO2. The topological polar surface area (TPSA) is 26.3 Å². The van der Waals surface area contributed by atoms with E-state index in [1.165, 1.54) is 0 Å². The molecule has 0 spiro atoms. The molecule has 0 heterocycles. The van der Waals surface area contributed by atoms with Gasteiger partial charge in [0.1, 0.15) is 5.75 Å². The van der Waals surface area contributed by atoms with Crippen LogP contribution in [0.25, 0.3) is 0 Å². The molecule has 0 aliphatic rings. The Hall–Kier alpha value is -1.61. The minimum absolute atomic E-state index is 0.0203. The van der Waals surface area contributed by atoms with E-state index in [2.05, 4.69) is 15.9 Å². The molecule has 0 saturated carbocycles. The molecule has 2 nitrogen and oxygen atoms in total. The first-order chi connectivity index (χ1) is 9.08. The highest BCUT2D eigenvalue weighted by Crippen LogP contribution is 2.27. The summed E-state index contributed by atoms with van der Waals surface area (Å²) in [6.45, 7) is 3.77. The maximum absolute atomic E-state index is 12.2. The number of Topliss-reactive ketones (excluding diaryl/α,β-unsaturated/α-hetero) is 1. The molecule has 0 aromatic heterocycles. The quantitative estimate of drug-likeness (QED) is 0.781. The van der Waals surface area contributed by atoms with Crippen molar-refractivity contribution in [2.75, 3.05) is 0 Å². The molecule has 1 unspecified atom stereocenters. The van der Waals surface area contributed by atoms with E-state index >= 15 is 0 Å². The third kappa shape index (κ3) is 3.44. The van der Waals surface area contributed by atoms with Gasteiger partial charge in [0.15, 0.2) is 6.10 Å². The lowest BCUT2D eigenvalue weighted by molar-refractivity contribution is 0.0817. The number of ether oxygens (including phenoxy) is 1. The highest BCUT2D eigenvalue weighted by atomic mass is 79.9. The van der Waals surface area contributed by atoms with E-state index in [9.17, 15) is 4.79 Å². The highest BCUT2D eigenvalue weighted by Gasteiger charge is 2.17. The number of carbonyl (C=O) groups excluding carboxylic acids is 1. The van der Waals surface area contributed by atoms with Crippen LogP contribution < -0.4 is 4.74 Å². The van der Waals surface area contributed by atoms with Gasteiger partial charge in [-0.3, -0.25) is 4.79 Å². The first-order valence-electron chi connectivity index (χ1n) is 6.10. The predicted molar refractivity (Wildman–Crippen MR) is 79.7 cm³/mol. The number of benzene rings is 2. The van der Waals surface area contributed by atoms with E-state index in [1.807, 2.05) is 43.3 Å². The van der Waals surface area contributed by atoms with Crippen LogP contribution in [0.15, 0.2) is 53.0 Å². The number of hydrogen-bond acceptors (Lipinski definition) is 2. The summed E-state index contributed by atoms with van der Waals surface area (Å²) in [5.41, 5.74) is 1.81. The fourth-order valence-corrected chi connectivity index (χ4v) is 2.37. The van der Waals surface area contributed by atoms with Gasteiger partial charge in [0, 0.05) is 5.56 Å². The minimum Gasteiger partial charge on any atom is -0.481 e. The van der Waals surface area contributed by atoms with Crippen LogP contribution in [-0.2, 0) is 0 Å². The predicted octanol–water partition coefficient (Wildman–Crippen LogP) is 4.41. The van der Waals surface area contributed by atoms with Crippen LogP contribution in [0.3, 0.4) is 0 Å². The van der Waals surface area contributed by atoms with E-state index in [1.54, 1.807) is 19.1 Å². The van der Waals surface area contributed by atoms with Crippen molar-refractivity contribution in [3.63, 3.8) is 0 Å². The second-order valence-electron chi connectivity index (χ2n) is 4.42. The van der Waals surface area contributed by atoms with Crippen molar-refractivity contribution in [3.8, 4) is 5.75 Å². The third-order valence-electron chi connectivity index (χ3n) is 2.82. The van der Waals surface area contributed by atoms with Gasteiger partial charge in [-0.05, 0) is 47.5 Å². The lowest BCUT2D eigenvalue weighted by atomic mass is 10.1. The monoisotopic (exact) mass is 318 g/mol. The summed E-state index contributed by atoms with van der Waals surface area (Å²) >= 11 is 3.44. The Kier molecular flexibility index (Phi) is 4.38. The molecule has 0 aliphatic carbocycles. The van der Waals surface area contributed by atoms with Crippen LogP contribution in [0.5, 0.6) is 5.75 Å². The molecule has 19 heavy (non-hydrogen) atoms. The van der Waals surface area contributed by atoms with Gasteiger partial charge in [0.25, 0.3) is 0 Å². The fourth-order valence-electron chi connectivity index (χ4n) is 1.78. The van der Waals surface area contributed by atoms with E-state index in [-0.39, 0.29) is 5.78 Å². The number of halogens is 1. The van der Waals surface area contributed by atoms with Crippen LogP contribution >= 0.6 is 15.9 Å². The van der Waals surface area contributed by atoms with Gasteiger partial charge in [-0.2, -0.15) is 0 Å². The summed E-state index contributed by atoms with van der Waals surface area (Å²) in [5.74, 6) is 0.662. The lowest BCUT2D eigenvalue weighted by Gasteiger charge is -2.15. The SMILES string of the molecule is Cc1ccc(OC(C)C(=O)c2ccccc2)c(Br)c1. The molecule has 0 aliphatic heterocycles. The van der Waals surface area contributed by atoms with Crippen molar-refractivity contribution >= 4 is 21.7 Å². The lowest BCUT2D eigenvalue weighted by Crippen LogP contribution is -2.24. The maximum atomic E-state index is 12.2. The Bertz CT molecular complexity index is 579. The largest absolute Gasteiger partial charge is 0.481 e. The van der Waals surface area contributed by atoms with Gasteiger partial charge >= 0.3 is 0 Å². The average Bonchev–Trinajstić information content (AvgIpc) is 2.42. The van der Waals surface area contributed by atoms with Crippen molar-refractivity contribution in [1.29, 1.82) is 0 Å². The average molecular weight is 319 g/mol. The van der Waals surface area contributed by atoms with Gasteiger partial charge in [-0.25, -0.2) is 0 Å². The van der Waals surface area contributed by atoms with E-state index in [4.69, 9.17) is 4.74 Å². The smallest absolute Gasteiger partial charge is 0.202 e. The van der Waals surface area contributed by atoms with Crippen molar-refractivity contribution in [2.45, 2.75) is 20.0 Å². The normalized spacial score (nSPS) is 11.9. The van der Waals surface area contributed by atoms with Gasteiger partial charge < -0.3 is 4.74 Å². The standard InChI is InChI=1S/C16H15BrO2/c1-11-8-9-15(14(17)10-11)19-12(2)16(18)13-6-4-3-5-7-13/h3-10,12H,1-2H3. The van der Waals surface area contributed by atoms with E-state index in [0.29, 0.717) is 11.3 Å². The van der Waals surface area contributed by atoms with Crippen LogP contribution in [-0.4, -0.2) is 11.9 Å². The molecule has 2 aromatic rings. The minimum atomic E-state index is -0.513. The Morgan fingerprint density at radius 3 is 2.47 bits per heavy atom. The molecule has 98 valence electrons. The Balaban J connectivity index is 2.13. The first kappa shape index (κ1) is 13.8.